The molecule has 1 aliphatic rings. The Bertz CT molecular complexity index is 95.2. The molecule has 0 radical (unpaired) electrons. The van der Waals surface area contributed by atoms with Gasteiger partial charge in [0.05, 0.1) is 0 Å². The molecule has 0 amide bonds. The zero-order valence-electron chi connectivity index (χ0n) is 5.84. The van der Waals surface area contributed by atoms with Gasteiger partial charge in [0.1, 0.15) is 0 Å². The van der Waals surface area contributed by atoms with Crippen LogP contribution in [0.1, 0.15) is 32.1 Å². The van der Waals surface area contributed by atoms with Gasteiger partial charge in [-0.2, -0.15) is 0 Å². The molecule has 0 heterocycles. The Balaban J connectivity index is 2.28. The van der Waals surface area contributed by atoms with E-state index in [0.717, 1.165) is 0 Å². The SMILES string of the molecule is C1=CCCCCCC=C1. The van der Waals surface area contributed by atoms with Crippen molar-refractivity contribution < 1.29 is 0 Å². The van der Waals surface area contributed by atoms with E-state index in [9.17, 15) is 0 Å². The molecule has 0 saturated carbocycles. The third-order valence-electron chi connectivity index (χ3n) is 1.62. The molecular formula is C9H14. The second-order valence-corrected chi connectivity index (χ2v) is 2.49. The molecule has 0 saturated heterocycles. The monoisotopic (exact) mass is 122 g/mol. The van der Waals surface area contributed by atoms with E-state index < -0.39 is 0 Å². The summed E-state index contributed by atoms with van der Waals surface area (Å²) in [6, 6.07) is 0. The van der Waals surface area contributed by atoms with Gasteiger partial charge in [-0.05, 0) is 25.7 Å². The number of hydrogen-bond donors (Lipinski definition) is 0. The molecule has 9 heavy (non-hydrogen) atoms. The summed E-state index contributed by atoms with van der Waals surface area (Å²) in [5.74, 6) is 0. The highest BCUT2D eigenvalue weighted by Gasteiger charge is 1.86. The highest BCUT2D eigenvalue weighted by molar-refractivity contribution is 5.02. The van der Waals surface area contributed by atoms with Crippen LogP contribution in [0, 0.1) is 0 Å². The molecule has 0 heteroatoms. The summed E-state index contributed by atoms with van der Waals surface area (Å²) < 4.78 is 0. The summed E-state index contributed by atoms with van der Waals surface area (Å²) in [4.78, 5) is 0. The fourth-order valence-electron chi connectivity index (χ4n) is 1.05. The van der Waals surface area contributed by atoms with Crippen LogP contribution in [-0.2, 0) is 0 Å². The van der Waals surface area contributed by atoms with Crippen molar-refractivity contribution in [2.75, 3.05) is 0 Å². The maximum absolute atomic E-state index is 2.25. The van der Waals surface area contributed by atoms with Crippen molar-refractivity contribution in [1.29, 1.82) is 0 Å². The van der Waals surface area contributed by atoms with Gasteiger partial charge in [-0.3, -0.25) is 0 Å². The van der Waals surface area contributed by atoms with E-state index in [1.165, 1.54) is 32.1 Å². The molecule has 1 aliphatic carbocycles. The summed E-state index contributed by atoms with van der Waals surface area (Å²) in [5, 5.41) is 0. The average molecular weight is 122 g/mol. The highest BCUT2D eigenvalue weighted by Crippen LogP contribution is 2.06. The predicted molar refractivity (Wildman–Crippen MR) is 41.4 cm³/mol. The summed E-state index contributed by atoms with van der Waals surface area (Å²) in [6.45, 7) is 0. The maximum Gasteiger partial charge on any atom is -0.0348 e. The number of hydrogen-bond acceptors (Lipinski definition) is 0. The smallest absolute Gasteiger partial charge is 0.0348 e. The molecule has 0 aromatic rings. The Morgan fingerprint density at radius 1 is 0.667 bits per heavy atom. The van der Waals surface area contributed by atoms with Gasteiger partial charge in [0, 0.05) is 0 Å². The summed E-state index contributed by atoms with van der Waals surface area (Å²) in [6.07, 6.45) is 15.5. The second-order valence-electron chi connectivity index (χ2n) is 2.49. The third kappa shape index (κ3) is 3.12. The van der Waals surface area contributed by atoms with Crippen LogP contribution in [0.5, 0.6) is 0 Å². The van der Waals surface area contributed by atoms with Crippen LogP contribution in [0.15, 0.2) is 24.3 Å². The molecule has 0 bridgehead atoms. The van der Waals surface area contributed by atoms with Gasteiger partial charge in [0.25, 0.3) is 0 Å². The van der Waals surface area contributed by atoms with Gasteiger partial charge in [-0.25, -0.2) is 0 Å². The van der Waals surface area contributed by atoms with Crippen molar-refractivity contribution in [3.8, 4) is 0 Å². The molecule has 0 fully saturated rings. The molecule has 0 N–H and O–H groups in total. The van der Waals surface area contributed by atoms with Crippen molar-refractivity contribution in [3.05, 3.63) is 24.3 Å². The van der Waals surface area contributed by atoms with Crippen molar-refractivity contribution in [2.45, 2.75) is 32.1 Å². The summed E-state index contributed by atoms with van der Waals surface area (Å²) in [5.41, 5.74) is 0. The normalized spacial score (nSPS) is 20.4. The highest BCUT2D eigenvalue weighted by atomic mass is 13.9. The standard InChI is InChI=1S/C9H14/c1-2-4-6-8-9-7-5-3-1/h1-4H,5-9H2. The Morgan fingerprint density at radius 3 is 1.78 bits per heavy atom. The lowest BCUT2D eigenvalue weighted by molar-refractivity contribution is 0.698. The summed E-state index contributed by atoms with van der Waals surface area (Å²) in [7, 11) is 0. The van der Waals surface area contributed by atoms with E-state index in [2.05, 4.69) is 24.3 Å². The van der Waals surface area contributed by atoms with Crippen molar-refractivity contribution in [1.82, 2.24) is 0 Å². The first-order valence-corrected chi connectivity index (χ1v) is 3.82. The van der Waals surface area contributed by atoms with Gasteiger partial charge < -0.3 is 0 Å². The topological polar surface area (TPSA) is 0 Å². The first-order valence-electron chi connectivity index (χ1n) is 3.82. The molecular weight excluding hydrogens is 108 g/mol. The molecule has 0 aromatic carbocycles. The molecule has 0 aliphatic heterocycles. The molecule has 0 spiro atoms. The molecule has 0 unspecified atom stereocenters. The fraction of sp³-hybridized carbons (Fsp3) is 0.556. The predicted octanol–water partition coefficient (Wildman–Crippen LogP) is 3.06. The van der Waals surface area contributed by atoms with Gasteiger partial charge in [-0.1, -0.05) is 30.7 Å². The summed E-state index contributed by atoms with van der Waals surface area (Å²) >= 11 is 0. The first-order chi connectivity index (χ1) is 4.50. The van der Waals surface area contributed by atoms with Crippen LogP contribution in [0.3, 0.4) is 0 Å². The van der Waals surface area contributed by atoms with Crippen molar-refractivity contribution in [2.24, 2.45) is 0 Å². The van der Waals surface area contributed by atoms with Crippen LogP contribution < -0.4 is 0 Å². The van der Waals surface area contributed by atoms with Crippen LogP contribution in [0.4, 0.5) is 0 Å². The average Bonchev–Trinajstić information content (AvgIpc) is 2.00. The number of rotatable bonds is 0. The van der Waals surface area contributed by atoms with E-state index in [4.69, 9.17) is 0 Å². The zero-order valence-corrected chi connectivity index (χ0v) is 5.84. The lowest BCUT2D eigenvalue weighted by atomic mass is 10.1. The minimum Gasteiger partial charge on any atom is -0.0845 e. The van der Waals surface area contributed by atoms with Crippen LogP contribution in [-0.4, -0.2) is 0 Å². The lowest BCUT2D eigenvalue weighted by Crippen LogP contribution is -1.72. The van der Waals surface area contributed by atoms with E-state index >= 15 is 0 Å². The van der Waals surface area contributed by atoms with E-state index in [1.54, 1.807) is 0 Å². The van der Waals surface area contributed by atoms with Crippen LogP contribution in [0.2, 0.25) is 0 Å². The quantitative estimate of drug-likeness (QED) is 0.463. The van der Waals surface area contributed by atoms with Crippen molar-refractivity contribution >= 4 is 0 Å². The number of allylic oxidation sites excluding steroid dienone is 4. The van der Waals surface area contributed by atoms with Crippen LogP contribution in [0.25, 0.3) is 0 Å². The molecule has 0 aromatic heterocycles. The van der Waals surface area contributed by atoms with Crippen LogP contribution >= 0.6 is 0 Å². The Kier molecular flexibility index (Phi) is 3.20. The Hall–Kier alpha value is -0.520. The Morgan fingerprint density at radius 2 is 1.22 bits per heavy atom. The zero-order chi connectivity index (χ0) is 6.36. The molecule has 0 atom stereocenters. The second kappa shape index (κ2) is 4.37. The molecule has 0 nitrogen and oxygen atoms in total. The fourth-order valence-corrected chi connectivity index (χ4v) is 1.05. The van der Waals surface area contributed by atoms with E-state index in [0.29, 0.717) is 0 Å². The minimum atomic E-state index is 1.27. The van der Waals surface area contributed by atoms with Gasteiger partial charge in [0.2, 0.25) is 0 Å². The van der Waals surface area contributed by atoms with Gasteiger partial charge >= 0.3 is 0 Å². The maximum atomic E-state index is 2.25. The molecule has 50 valence electrons. The first kappa shape index (κ1) is 6.60. The van der Waals surface area contributed by atoms with Gasteiger partial charge in [-0.15, -0.1) is 0 Å². The lowest BCUT2D eigenvalue weighted by Gasteiger charge is -1.91. The Labute approximate surface area is 57.3 Å². The largest absolute Gasteiger partial charge is 0.0845 e. The van der Waals surface area contributed by atoms with E-state index in [1.807, 2.05) is 0 Å². The van der Waals surface area contributed by atoms with Crippen molar-refractivity contribution in [3.63, 3.8) is 0 Å². The molecule has 1 rings (SSSR count). The van der Waals surface area contributed by atoms with E-state index in [-0.39, 0.29) is 0 Å². The minimum absolute atomic E-state index is 1.27. The van der Waals surface area contributed by atoms with Gasteiger partial charge in [0.15, 0.2) is 0 Å². The third-order valence-corrected chi connectivity index (χ3v) is 1.62.